The van der Waals surface area contributed by atoms with E-state index in [2.05, 4.69) is 43.5 Å². The summed E-state index contributed by atoms with van der Waals surface area (Å²) in [6.45, 7) is 4.47. The van der Waals surface area contributed by atoms with Crippen LogP contribution in [0.4, 0.5) is 0 Å². The molecule has 0 saturated carbocycles. The van der Waals surface area contributed by atoms with Crippen LogP contribution in [0.3, 0.4) is 0 Å². The molecule has 17 heavy (non-hydrogen) atoms. The van der Waals surface area contributed by atoms with E-state index in [4.69, 9.17) is 11.1 Å². The molecule has 0 bridgehead atoms. The van der Waals surface area contributed by atoms with Crippen molar-refractivity contribution in [3.63, 3.8) is 0 Å². The molecule has 2 rings (SSSR count). The van der Waals surface area contributed by atoms with Gasteiger partial charge >= 0.3 is 110 Å². The van der Waals surface area contributed by atoms with Crippen molar-refractivity contribution < 1.29 is 48.0 Å². The summed E-state index contributed by atoms with van der Waals surface area (Å²) in [5.74, 6) is 0. The second-order valence-electron chi connectivity index (χ2n) is 4.42. The SMILES string of the molecule is C[Si](C)(Cl)C1=[C]([Zr+2][C]2=CC=CC2)CC=C1.[Cl-].[Cl-]. The van der Waals surface area contributed by atoms with E-state index in [9.17, 15) is 0 Å². The molecule has 0 aromatic heterocycles. The van der Waals surface area contributed by atoms with Crippen molar-refractivity contribution in [2.24, 2.45) is 0 Å². The minimum atomic E-state index is -1.60. The van der Waals surface area contributed by atoms with Crippen molar-refractivity contribution in [2.75, 3.05) is 0 Å². The zero-order chi connectivity index (χ0) is 10.9. The molecule has 2 aliphatic carbocycles. The number of halogens is 3. The molecule has 2 aliphatic rings. The summed E-state index contributed by atoms with van der Waals surface area (Å²) in [4.78, 5) is 0. The smallest absolute Gasteiger partial charge is 1.00 e. The Morgan fingerprint density at radius 2 is 1.88 bits per heavy atom. The summed E-state index contributed by atoms with van der Waals surface area (Å²) in [5, 5.41) is 1.53. The Kier molecular flexibility index (Phi) is 7.91. The van der Waals surface area contributed by atoms with Crippen molar-refractivity contribution in [2.45, 2.75) is 25.9 Å². The van der Waals surface area contributed by atoms with Gasteiger partial charge in [-0.3, -0.25) is 0 Å². The van der Waals surface area contributed by atoms with E-state index < -0.39 is 30.6 Å². The van der Waals surface area contributed by atoms with Crippen LogP contribution in [0.5, 0.6) is 0 Å². The van der Waals surface area contributed by atoms with E-state index in [0.29, 0.717) is 0 Å². The predicted molar refractivity (Wildman–Crippen MR) is 66.0 cm³/mol. The molecular weight excluding hydrogens is 370 g/mol. The second-order valence-corrected chi connectivity index (χ2v) is 14.4. The Bertz CT molecular complexity index is 389. The number of rotatable bonds is 3. The largest absolute Gasteiger partial charge is 1.00 e. The first-order valence-corrected chi connectivity index (χ1v) is 11.8. The Labute approximate surface area is 133 Å². The van der Waals surface area contributed by atoms with E-state index in [1.54, 1.807) is 6.56 Å². The number of allylic oxidation sites excluding steroid dienone is 8. The maximum atomic E-state index is 6.54. The maximum absolute atomic E-state index is 6.54. The fraction of sp³-hybridized carbons (Fsp3) is 0.333. The molecule has 0 radical (unpaired) electrons. The minimum absolute atomic E-state index is 0. The van der Waals surface area contributed by atoms with Crippen LogP contribution in [0.2, 0.25) is 13.1 Å². The van der Waals surface area contributed by atoms with Crippen molar-refractivity contribution in [1.29, 1.82) is 0 Å². The van der Waals surface area contributed by atoms with Crippen LogP contribution in [0.15, 0.2) is 42.1 Å². The first kappa shape index (κ1) is 17.9. The summed E-state index contributed by atoms with van der Waals surface area (Å²) >= 11 is 6.05. The number of hydrogen-bond donors (Lipinski definition) is 0. The molecular formula is C12H15Cl3SiZr. The molecule has 0 nitrogen and oxygen atoms in total. The van der Waals surface area contributed by atoms with Crippen molar-refractivity contribution in [1.82, 2.24) is 0 Å². The first-order valence-electron chi connectivity index (χ1n) is 5.29. The fourth-order valence-electron chi connectivity index (χ4n) is 1.91. The molecule has 0 spiro atoms. The van der Waals surface area contributed by atoms with Crippen LogP contribution in [0, 0.1) is 0 Å². The fourth-order valence-corrected chi connectivity index (χ4v) is 10.0. The normalized spacial score (nSPS) is 17.5. The van der Waals surface area contributed by atoms with Gasteiger partial charge in [-0.2, -0.15) is 0 Å². The summed E-state index contributed by atoms with van der Waals surface area (Å²) in [7, 11) is -1.60. The van der Waals surface area contributed by atoms with E-state index in [0.717, 1.165) is 0 Å². The Morgan fingerprint density at radius 1 is 1.18 bits per heavy atom. The summed E-state index contributed by atoms with van der Waals surface area (Å²) in [5.41, 5.74) is 0. The van der Waals surface area contributed by atoms with E-state index in [1.165, 1.54) is 18.0 Å². The van der Waals surface area contributed by atoms with Crippen LogP contribution in [0.1, 0.15) is 12.8 Å². The molecule has 0 heterocycles. The molecule has 0 atom stereocenters. The standard InChI is InChI=1S/C7H10ClSi.C5H5.2ClH.Zr/c1-9(2,8)7-5-3-4-6-7;1-2-4-5-3-1;;;/h3,5H,4H2,1-2H3;1-3H,4H2;2*1H;/q;;;;+2/p-2. The molecule has 0 aromatic rings. The average molecular weight is 385 g/mol. The van der Waals surface area contributed by atoms with Crippen molar-refractivity contribution in [3.8, 4) is 0 Å². The van der Waals surface area contributed by atoms with E-state index >= 15 is 0 Å². The summed E-state index contributed by atoms with van der Waals surface area (Å²) < 4.78 is 3.42. The zero-order valence-electron chi connectivity index (χ0n) is 9.93. The topological polar surface area (TPSA) is 0 Å². The van der Waals surface area contributed by atoms with Gasteiger partial charge in [0.1, 0.15) is 0 Å². The van der Waals surface area contributed by atoms with Crippen LogP contribution in [0.25, 0.3) is 0 Å². The van der Waals surface area contributed by atoms with Crippen LogP contribution >= 0.6 is 11.1 Å². The third kappa shape index (κ3) is 4.84. The molecule has 0 N–H and O–H groups in total. The van der Waals surface area contributed by atoms with Gasteiger partial charge in [-0.1, -0.05) is 0 Å². The van der Waals surface area contributed by atoms with Crippen molar-refractivity contribution in [3.05, 3.63) is 42.1 Å². The van der Waals surface area contributed by atoms with Gasteiger partial charge in [-0.05, 0) is 0 Å². The van der Waals surface area contributed by atoms with E-state index in [-0.39, 0.29) is 24.8 Å². The predicted octanol–water partition coefficient (Wildman–Crippen LogP) is -1.88. The first-order chi connectivity index (χ1) is 7.07. The maximum Gasteiger partial charge on any atom is -1.00 e. The van der Waals surface area contributed by atoms with Gasteiger partial charge in [0.05, 0.1) is 0 Å². The molecule has 0 unspecified atom stereocenters. The average Bonchev–Trinajstić information content (AvgIpc) is 2.73. The van der Waals surface area contributed by atoms with Crippen LogP contribution in [-0.2, 0) is 23.2 Å². The summed E-state index contributed by atoms with van der Waals surface area (Å²) in [6, 6.07) is 0. The Morgan fingerprint density at radius 3 is 2.41 bits per heavy atom. The van der Waals surface area contributed by atoms with Gasteiger partial charge in [0, 0.05) is 0 Å². The third-order valence-electron chi connectivity index (χ3n) is 2.65. The Hall–Kier alpha value is 0.930. The van der Waals surface area contributed by atoms with Gasteiger partial charge < -0.3 is 24.8 Å². The molecule has 0 fully saturated rings. The van der Waals surface area contributed by atoms with Crippen LogP contribution in [-0.4, -0.2) is 7.38 Å². The van der Waals surface area contributed by atoms with E-state index in [1.807, 2.05) is 0 Å². The molecule has 0 aliphatic heterocycles. The number of hydrogen-bond acceptors (Lipinski definition) is 0. The van der Waals surface area contributed by atoms with Gasteiger partial charge in [-0.15, -0.1) is 0 Å². The molecule has 92 valence electrons. The van der Waals surface area contributed by atoms with Gasteiger partial charge in [0.2, 0.25) is 0 Å². The van der Waals surface area contributed by atoms with Crippen molar-refractivity contribution >= 4 is 18.5 Å². The van der Waals surface area contributed by atoms with Crippen LogP contribution < -0.4 is 24.8 Å². The second kappa shape index (κ2) is 7.50. The van der Waals surface area contributed by atoms with Gasteiger partial charge in [0.15, 0.2) is 0 Å². The summed E-state index contributed by atoms with van der Waals surface area (Å²) in [6.07, 6.45) is 13.8. The quantitative estimate of drug-likeness (QED) is 0.395. The molecule has 0 aromatic carbocycles. The Balaban J connectivity index is 0.00000128. The monoisotopic (exact) mass is 382 g/mol. The van der Waals surface area contributed by atoms with Gasteiger partial charge in [0.25, 0.3) is 0 Å². The molecule has 0 saturated heterocycles. The minimum Gasteiger partial charge on any atom is -1.00 e. The third-order valence-corrected chi connectivity index (χ3v) is 9.24. The molecule has 0 amide bonds. The zero-order valence-corrected chi connectivity index (χ0v) is 15.7. The van der Waals surface area contributed by atoms with Gasteiger partial charge in [-0.25, -0.2) is 0 Å². The molecule has 5 heteroatoms.